The van der Waals surface area contributed by atoms with Crippen molar-refractivity contribution in [2.45, 2.75) is 26.8 Å². The zero-order valence-electron chi connectivity index (χ0n) is 16.3. The summed E-state index contributed by atoms with van der Waals surface area (Å²) in [5.41, 5.74) is 5.43. The van der Waals surface area contributed by atoms with Crippen LogP contribution in [0.2, 0.25) is 0 Å². The lowest BCUT2D eigenvalue weighted by atomic mass is 9.98. The molecule has 0 heterocycles. The minimum Gasteiger partial charge on any atom is -0.484 e. The maximum atomic E-state index is 12.6. The topological polar surface area (TPSA) is 38.3 Å². The number of nitrogens with one attached hydrogen (secondary N) is 1. The second-order valence-corrected chi connectivity index (χ2v) is 7.77. The van der Waals surface area contributed by atoms with Crippen LogP contribution in [0.3, 0.4) is 0 Å². The minimum absolute atomic E-state index is 0.0320. The zero-order chi connectivity index (χ0) is 20.1. The van der Waals surface area contributed by atoms with E-state index in [1.165, 1.54) is 5.56 Å². The maximum Gasteiger partial charge on any atom is 0.258 e. The van der Waals surface area contributed by atoms with Gasteiger partial charge in [0.25, 0.3) is 5.91 Å². The summed E-state index contributed by atoms with van der Waals surface area (Å²) in [7, 11) is 0. The standard InChI is InChI=1S/C24H24BrNO2/c1-16-9-11-20(12-10-16)24(19-7-5-4-6-8-19)26-22(27)15-28-21-13-17(2)23(25)18(3)14-21/h4-14,24H,15H2,1-3H3,(H,26,27)/t24-/m0/s1. The second-order valence-electron chi connectivity index (χ2n) is 6.98. The third kappa shape index (κ3) is 5.02. The van der Waals surface area contributed by atoms with Crippen LogP contribution in [0.4, 0.5) is 0 Å². The van der Waals surface area contributed by atoms with Crippen molar-refractivity contribution in [1.29, 1.82) is 0 Å². The summed E-state index contributed by atoms with van der Waals surface area (Å²) in [6.45, 7) is 6.03. The number of carbonyl (C=O) groups is 1. The minimum atomic E-state index is -0.216. The Kier molecular flexibility index (Phi) is 6.53. The van der Waals surface area contributed by atoms with E-state index in [4.69, 9.17) is 4.74 Å². The summed E-state index contributed by atoms with van der Waals surface area (Å²) in [6, 6.07) is 21.8. The van der Waals surface area contributed by atoms with E-state index < -0.39 is 0 Å². The number of aryl methyl sites for hydroxylation is 3. The van der Waals surface area contributed by atoms with Crippen LogP contribution in [0.1, 0.15) is 33.9 Å². The first-order valence-electron chi connectivity index (χ1n) is 9.24. The molecule has 4 heteroatoms. The van der Waals surface area contributed by atoms with Crippen LogP contribution >= 0.6 is 15.9 Å². The fourth-order valence-electron chi connectivity index (χ4n) is 3.10. The molecule has 3 aromatic rings. The fourth-order valence-corrected chi connectivity index (χ4v) is 3.33. The van der Waals surface area contributed by atoms with Crippen molar-refractivity contribution in [3.05, 3.63) is 99.0 Å². The molecule has 0 aromatic heterocycles. The predicted molar refractivity (Wildman–Crippen MR) is 117 cm³/mol. The van der Waals surface area contributed by atoms with Gasteiger partial charge in [-0.25, -0.2) is 0 Å². The second kappa shape index (κ2) is 9.07. The van der Waals surface area contributed by atoms with E-state index >= 15 is 0 Å². The highest BCUT2D eigenvalue weighted by molar-refractivity contribution is 9.10. The van der Waals surface area contributed by atoms with E-state index in [0.29, 0.717) is 5.75 Å². The average Bonchev–Trinajstić information content (AvgIpc) is 2.70. The van der Waals surface area contributed by atoms with Crippen molar-refractivity contribution in [2.75, 3.05) is 6.61 Å². The first-order chi connectivity index (χ1) is 13.4. The molecule has 0 spiro atoms. The van der Waals surface area contributed by atoms with Gasteiger partial charge in [-0.3, -0.25) is 4.79 Å². The Morgan fingerprint density at radius 2 is 1.50 bits per heavy atom. The van der Waals surface area contributed by atoms with Crippen LogP contribution in [-0.2, 0) is 4.79 Å². The SMILES string of the molecule is Cc1ccc([C@@H](NC(=O)COc2cc(C)c(Br)c(C)c2)c2ccccc2)cc1. The van der Waals surface area contributed by atoms with Gasteiger partial charge in [-0.1, -0.05) is 76.1 Å². The van der Waals surface area contributed by atoms with E-state index in [1.807, 2.05) is 56.3 Å². The molecule has 0 aliphatic carbocycles. The monoisotopic (exact) mass is 437 g/mol. The third-order valence-electron chi connectivity index (χ3n) is 4.63. The molecule has 0 radical (unpaired) electrons. The molecular weight excluding hydrogens is 414 g/mol. The van der Waals surface area contributed by atoms with Gasteiger partial charge in [0.1, 0.15) is 5.75 Å². The van der Waals surface area contributed by atoms with Gasteiger partial charge in [-0.15, -0.1) is 0 Å². The lowest BCUT2D eigenvalue weighted by molar-refractivity contribution is -0.123. The molecule has 1 atom stereocenters. The van der Waals surface area contributed by atoms with Gasteiger partial charge in [0.2, 0.25) is 0 Å². The van der Waals surface area contributed by atoms with Crippen LogP contribution in [0.5, 0.6) is 5.75 Å². The van der Waals surface area contributed by atoms with Gasteiger partial charge in [0.05, 0.1) is 6.04 Å². The van der Waals surface area contributed by atoms with E-state index in [2.05, 4.69) is 52.4 Å². The first-order valence-corrected chi connectivity index (χ1v) is 10.0. The van der Waals surface area contributed by atoms with E-state index in [9.17, 15) is 4.79 Å². The molecule has 0 saturated carbocycles. The Labute approximate surface area is 174 Å². The molecule has 3 nitrogen and oxygen atoms in total. The smallest absolute Gasteiger partial charge is 0.258 e. The van der Waals surface area contributed by atoms with Crippen molar-refractivity contribution < 1.29 is 9.53 Å². The van der Waals surface area contributed by atoms with Crippen molar-refractivity contribution in [3.8, 4) is 5.75 Å². The molecule has 3 aromatic carbocycles. The summed E-state index contributed by atoms with van der Waals surface area (Å²) in [5.74, 6) is 0.535. The Bertz CT molecular complexity index is 929. The number of benzene rings is 3. The summed E-state index contributed by atoms with van der Waals surface area (Å²) >= 11 is 3.55. The molecule has 0 aliphatic heterocycles. The zero-order valence-corrected chi connectivity index (χ0v) is 17.9. The molecule has 0 saturated heterocycles. The average molecular weight is 438 g/mol. The molecule has 0 unspecified atom stereocenters. The van der Waals surface area contributed by atoms with Crippen LogP contribution in [-0.4, -0.2) is 12.5 Å². The van der Waals surface area contributed by atoms with Gasteiger partial charge in [0, 0.05) is 4.47 Å². The van der Waals surface area contributed by atoms with Crippen molar-refractivity contribution in [3.63, 3.8) is 0 Å². The summed E-state index contributed by atoms with van der Waals surface area (Å²) in [6.07, 6.45) is 0. The van der Waals surface area contributed by atoms with Gasteiger partial charge in [-0.2, -0.15) is 0 Å². The number of carbonyl (C=O) groups excluding carboxylic acids is 1. The summed E-state index contributed by atoms with van der Waals surface area (Å²) in [4.78, 5) is 12.6. The van der Waals surface area contributed by atoms with E-state index in [-0.39, 0.29) is 18.6 Å². The van der Waals surface area contributed by atoms with Crippen LogP contribution < -0.4 is 10.1 Å². The van der Waals surface area contributed by atoms with Crippen LogP contribution in [0.15, 0.2) is 71.2 Å². The molecule has 0 bridgehead atoms. The van der Waals surface area contributed by atoms with Crippen molar-refractivity contribution in [1.82, 2.24) is 5.32 Å². The number of amides is 1. The molecule has 144 valence electrons. The first kappa shape index (κ1) is 20.2. The van der Waals surface area contributed by atoms with Crippen LogP contribution in [0.25, 0.3) is 0 Å². The van der Waals surface area contributed by atoms with Gasteiger partial charge in [0.15, 0.2) is 6.61 Å². The summed E-state index contributed by atoms with van der Waals surface area (Å²) in [5, 5.41) is 3.11. The number of rotatable bonds is 6. The van der Waals surface area contributed by atoms with Gasteiger partial charge in [-0.05, 0) is 55.2 Å². The highest BCUT2D eigenvalue weighted by Gasteiger charge is 2.17. The van der Waals surface area contributed by atoms with Gasteiger partial charge >= 0.3 is 0 Å². The number of halogens is 1. The van der Waals surface area contributed by atoms with Gasteiger partial charge < -0.3 is 10.1 Å². The van der Waals surface area contributed by atoms with E-state index in [0.717, 1.165) is 26.7 Å². The summed E-state index contributed by atoms with van der Waals surface area (Å²) < 4.78 is 6.81. The number of hydrogen-bond acceptors (Lipinski definition) is 2. The van der Waals surface area contributed by atoms with Crippen LogP contribution in [0, 0.1) is 20.8 Å². The molecule has 0 aliphatic rings. The lowest BCUT2D eigenvalue weighted by Gasteiger charge is -2.20. The maximum absolute atomic E-state index is 12.6. The fraction of sp³-hybridized carbons (Fsp3) is 0.208. The third-order valence-corrected chi connectivity index (χ3v) is 5.88. The predicted octanol–water partition coefficient (Wildman–Crippen LogP) is 5.66. The van der Waals surface area contributed by atoms with Crippen molar-refractivity contribution in [2.24, 2.45) is 0 Å². The number of hydrogen-bond donors (Lipinski definition) is 1. The molecule has 0 fully saturated rings. The Hall–Kier alpha value is -2.59. The lowest BCUT2D eigenvalue weighted by Crippen LogP contribution is -2.33. The molecule has 28 heavy (non-hydrogen) atoms. The molecule has 1 N–H and O–H groups in total. The highest BCUT2D eigenvalue weighted by atomic mass is 79.9. The molecule has 3 rings (SSSR count). The normalized spacial score (nSPS) is 11.7. The molecule has 1 amide bonds. The largest absolute Gasteiger partial charge is 0.484 e. The quantitative estimate of drug-likeness (QED) is 0.540. The molecular formula is C24H24BrNO2. The Morgan fingerprint density at radius 3 is 2.11 bits per heavy atom. The highest BCUT2D eigenvalue weighted by Crippen LogP contribution is 2.26. The number of ether oxygens (including phenoxy) is 1. The Balaban J connectivity index is 1.73. The Morgan fingerprint density at radius 1 is 0.929 bits per heavy atom. The van der Waals surface area contributed by atoms with Crippen molar-refractivity contribution >= 4 is 21.8 Å². The van der Waals surface area contributed by atoms with E-state index in [1.54, 1.807) is 0 Å².